The highest BCUT2D eigenvalue weighted by molar-refractivity contribution is 6.07. The van der Waals surface area contributed by atoms with Crippen LogP contribution >= 0.6 is 0 Å². The molecule has 0 unspecified atom stereocenters. The highest BCUT2D eigenvalue weighted by Crippen LogP contribution is 2.16. The molecule has 1 amide bonds. The van der Waals surface area contributed by atoms with Crippen LogP contribution in [0.3, 0.4) is 0 Å². The van der Waals surface area contributed by atoms with Crippen molar-refractivity contribution < 1.29 is 14.0 Å². The number of rotatable bonds is 5. The zero-order valence-electron chi connectivity index (χ0n) is 18.4. The van der Waals surface area contributed by atoms with Gasteiger partial charge in [0.15, 0.2) is 6.29 Å². The zero-order valence-corrected chi connectivity index (χ0v) is 18.4. The number of anilines is 2. The van der Waals surface area contributed by atoms with Crippen LogP contribution in [0.2, 0.25) is 0 Å². The Labute approximate surface area is 186 Å². The molecule has 0 fully saturated rings. The molecule has 0 aliphatic rings. The summed E-state index contributed by atoms with van der Waals surface area (Å²) in [5.74, 6) is -0.00161. The molecule has 0 saturated heterocycles. The highest BCUT2D eigenvalue weighted by Gasteiger charge is 2.10. The fourth-order valence-corrected chi connectivity index (χ4v) is 2.65. The summed E-state index contributed by atoms with van der Waals surface area (Å²) >= 11 is 0. The van der Waals surface area contributed by atoms with E-state index in [9.17, 15) is 14.0 Å². The fourth-order valence-electron chi connectivity index (χ4n) is 2.65. The topological polar surface area (TPSA) is 98.2 Å². The molecule has 0 radical (unpaired) electrons. The molecule has 1 heterocycles. The van der Waals surface area contributed by atoms with Gasteiger partial charge in [-0.3, -0.25) is 15.0 Å². The Bertz CT molecular complexity index is 1100. The van der Waals surface area contributed by atoms with Crippen molar-refractivity contribution in [2.75, 3.05) is 31.8 Å². The summed E-state index contributed by atoms with van der Waals surface area (Å²) in [7, 11) is 5.19. The number of nitrogens with one attached hydrogen (secondary N) is 3. The maximum absolute atomic E-state index is 13.1. The molecule has 0 spiro atoms. The first kappa shape index (κ1) is 24.2. The Kier molecular flexibility index (Phi) is 8.59. The van der Waals surface area contributed by atoms with Crippen LogP contribution in [0.15, 0.2) is 60.8 Å². The molecule has 0 atom stereocenters. The van der Waals surface area contributed by atoms with Crippen molar-refractivity contribution in [1.82, 2.24) is 9.88 Å². The summed E-state index contributed by atoms with van der Waals surface area (Å²) in [4.78, 5) is 28.1. The van der Waals surface area contributed by atoms with Gasteiger partial charge in [-0.15, -0.1) is 0 Å². The Morgan fingerprint density at radius 3 is 2.41 bits per heavy atom. The van der Waals surface area contributed by atoms with Crippen LogP contribution in [0.1, 0.15) is 31.8 Å². The monoisotopic (exact) mass is 435 g/mol. The van der Waals surface area contributed by atoms with E-state index in [2.05, 4.69) is 15.6 Å². The number of halogens is 1. The number of carbonyl (C=O) groups excluding carboxylic acids is 2. The first-order valence-electron chi connectivity index (χ1n) is 9.78. The van der Waals surface area contributed by atoms with Gasteiger partial charge in [0, 0.05) is 38.6 Å². The standard InChI is InChI=1S/C14H15N3O.C10H11FN2O/c1-10-7-8-13(16-9-10)17-14(18)11-5-3-4-6-12(11)15-2;1-13(2)10(12)7-3-4-8(6-14)9(11)5-7/h3-9,15H,1-2H3,(H,16,17,18);3-6,12H,1-2H3. The van der Waals surface area contributed by atoms with Crippen LogP contribution in [-0.4, -0.2) is 49.1 Å². The van der Waals surface area contributed by atoms with Gasteiger partial charge in [0.25, 0.3) is 5.91 Å². The molecule has 2 aromatic carbocycles. The van der Waals surface area contributed by atoms with E-state index in [-0.39, 0.29) is 17.3 Å². The Balaban J connectivity index is 0.000000235. The largest absolute Gasteiger partial charge is 0.387 e. The molecule has 3 aromatic rings. The number of nitrogens with zero attached hydrogens (tertiary/aromatic N) is 2. The van der Waals surface area contributed by atoms with E-state index in [1.807, 2.05) is 31.2 Å². The molecule has 8 heteroatoms. The summed E-state index contributed by atoms with van der Waals surface area (Å²) in [6, 6.07) is 15.1. The number of aromatic nitrogens is 1. The van der Waals surface area contributed by atoms with E-state index in [1.54, 1.807) is 50.4 Å². The number of pyridine rings is 1. The van der Waals surface area contributed by atoms with Gasteiger partial charge in [0.2, 0.25) is 0 Å². The molecular weight excluding hydrogens is 409 g/mol. The molecule has 0 aliphatic carbocycles. The molecule has 3 N–H and O–H groups in total. The van der Waals surface area contributed by atoms with Crippen LogP contribution in [-0.2, 0) is 0 Å². The van der Waals surface area contributed by atoms with Gasteiger partial charge in [-0.2, -0.15) is 0 Å². The molecule has 166 valence electrons. The van der Waals surface area contributed by atoms with E-state index in [0.717, 1.165) is 11.3 Å². The number of para-hydroxylation sites is 1. The number of carbonyl (C=O) groups is 2. The Hall–Kier alpha value is -4.07. The molecule has 0 saturated carbocycles. The average Bonchev–Trinajstić information content (AvgIpc) is 2.80. The predicted octanol–water partition coefficient (Wildman–Crippen LogP) is 4.21. The van der Waals surface area contributed by atoms with Crippen LogP contribution < -0.4 is 10.6 Å². The van der Waals surface area contributed by atoms with Gasteiger partial charge in [-0.1, -0.05) is 24.3 Å². The lowest BCUT2D eigenvalue weighted by molar-refractivity contribution is 0.102. The number of hydrogen-bond acceptors (Lipinski definition) is 5. The van der Waals surface area contributed by atoms with Crippen LogP contribution in [0.4, 0.5) is 15.9 Å². The summed E-state index contributed by atoms with van der Waals surface area (Å²) in [6.45, 7) is 1.95. The number of benzene rings is 2. The van der Waals surface area contributed by atoms with Gasteiger partial charge in [0.05, 0.1) is 11.1 Å². The number of aryl methyl sites for hydroxylation is 1. The second kappa shape index (κ2) is 11.4. The third kappa shape index (κ3) is 6.46. The summed E-state index contributed by atoms with van der Waals surface area (Å²) in [5, 5.41) is 13.3. The molecular formula is C24H26FN5O2. The van der Waals surface area contributed by atoms with Gasteiger partial charge in [-0.25, -0.2) is 9.37 Å². The Morgan fingerprint density at radius 1 is 1.12 bits per heavy atom. The SMILES string of the molecule is CN(C)C(=N)c1ccc(C=O)c(F)c1.CNc1ccccc1C(=O)Nc1ccc(C)cn1. The third-order valence-electron chi connectivity index (χ3n) is 4.44. The quantitative estimate of drug-likeness (QED) is 0.317. The molecule has 3 rings (SSSR count). The van der Waals surface area contributed by atoms with Gasteiger partial charge < -0.3 is 15.5 Å². The van der Waals surface area contributed by atoms with Crippen LogP contribution in [0.5, 0.6) is 0 Å². The number of hydrogen-bond donors (Lipinski definition) is 3. The lowest BCUT2D eigenvalue weighted by atomic mass is 10.1. The molecule has 1 aromatic heterocycles. The van der Waals surface area contributed by atoms with Crippen LogP contribution in [0, 0.1) is 18.2 Å². The van der Waals surface area contributed by atoms with Crippen molar-refractivity contribution in [3.8, 4) is 0 Å². The third-order valence-corrected chi connectivity index (χ3v) is 4.44. The average molecular weight is 436 g/mol. The second-order valence-corrected chi connectivity index (χ2v) is 7.07. The first-order chi connectivity index (χ1) is 15.3. The minimum Gasteiger partial charge on any atom is -0.387 e. The molecule has 0 bridgehead atoms. The molecule has 0 aliphatic heterocycles. The van der Waals surface area contributed by atoms with Crippen LogP contribution in [0.25, 0.3) is 0 Å². The van der Waals surface area contributed by atoms with Crippen molar-refractivity contribution >= 4 is 29.5 Å². The number of aldehydes is 1. The summed E-state index contributed by atoms with van der Waals surface area (Å²) in [5.41, 5.74) is 2.92. The lowest BCUT2D eigenvalue weighted by Gasteiger charge is -2.13. The van der Waals surface area contributed by atoms with Gasteiger partial charge in [0.1, 0.15) is 17.5 Å². The zero-order chi connectivity index (χ0) is 23.7. The van der Waals surface area contributed by atoms with Crippen molar-refractivity contribution in [1.29, 1.82) is 5.41 Å². The van der Waals surface area contributed by atoms with E-state index in [1.165, 1.54) is 12.1 Å². The smallest absolute Gasteiger partial charge is 0.258 e. The predicted molar refractivity (Wildman–Crippen MR) is 125 cm³/mol. The first-order valence-corrected chi connectivity index (χ1v) is 9.78. The maximum atomic E-state index is 13.1. The van der Waals surface area contributed by atoms with Crippen molar-refractivity contribution in [2.45, 2.75) is 6.92 Å². The van der Waals surface area contributed by atoms with E-state index >= 15 is 0 Å². The normalized spacial score (nSPS) is 9.78. The molecule has 32 heavy (non-hydrogen) atoms. The highest BCUT2D eigenvalue weighted by atomic mass is 19.1. The van der Waals surface area contributed by atoms with E-state index < -0.39 is 5.82 Å². The van der Waals surface area contributed by atoms with Crippen molar-refractivity contribution in [2.24, 2.45) is 0 Å². The maximum Gasteiger partial charge on any atom is 0.258 e. The summed E-state index contributed by atoms with van der Waals surface area (Å²) < 4.78 is 13.1. The van der Waals surface area contributed by atoms with E-state index in [4.69, 9.17) is 5.41 Å². The lowest BCUT2D eigenvalue weighted by Crippen LogP contribution is -2.21. The second-order valence-electron chi connectivity index (χ2n) is 7.07. The minimum atomic E-state index is -0.593. The number of amides is 1. The van der Waals surface area contributed by atoms with E-state index in [0.29, 0.717) is 23.2 Å². The molecule has 7 nitrogen and oxygen atoms in total. The van der Waals surface area contributed by atoms with Crippen molar-refractivity contribution in [3.05, 3.63) is 88.9 Å². The van der Waals surface area contributed by atoms with Gasteiger partial charge in [-0.05, 0) is 42.8 Å². The fraction of sp³-hybridized carbons (Fsp3) is 0.167. The Morgan fingerprint density at radius 2 is 1.84 bits per heavy atom. The van der Waals surface area contributed by atoms with Crippen molar-refractivity contribution in [3.63, 3.8) is 0 Å². The minimum absolute atomic E-state index is 0.0142. The van der Waals surface area contributed by atoms with Gasteiger partial charge >= 0.3 is 0 Å². The number of amidine groups is 1. The summed E-state index contributed by atoms with van der Waals surface area (Å²) in [6.07, 6.45) is 2.18.